The predicted molar refractivity (Wildman–Crippen MR) is 106 cm³/mol. The number of nitrogens with zero attached hydrogens (tertiary/aromatic N) is 2. The minimum Gasteiger partial charge on any atom is -0.371 e. The van der Waals surface area contributed by atoms with Crippen LogP contribution >= 0.6 is 0 Å². The Morgan fingerprint density at radius 2 is 1.72 bits per heavy atom. The number of fused-ring (bicyclic) bond motifs is 1. The summed E-state index contributed by atoms with van der Waals surface area (Å²) >= 11 is 0. The molecule has 25 heavy (non-hydrogen) atoms. The summed E-state index contributed by atoms with van der Waals surface area (Å²) in [6.07, 6.45) is 8.09. The van der Waals surface area contributed by atoms with Gasteiger partial charge in [0, 0.05) is 30.7 Å². The van der Waals surface area contributed by atoms with Gasteiger partial charge in [-0.2, -0.15) is 0 Å². The maximum absolute atomic E-state index is 4.70. The fourth-order valence-corrected chi connectivity index (χ4v) is 3.94. The second kappa shape index (κ2) is 7.26. The van der Waals surface area contributed by atoms with Crippen molar-refractivity contribution in [3.05, 3.63) is 71.5 Å². The van der Waals surface area contributed by atoms with E-state index >= 15 is 0 Å². The molecule has 0 saturated carbocycles. The topological polar surface area (TPSA) is 16.1 Å². The van der Waals surface area contributed by atoms with Gasteiger partial charge in [-0.25, -0.2) is 0 Å². The molecule has 0 unspecified atom stereocenters. The number of piperidine rings is 1. The Kier molecular flexibility index (Phi) is 4.69. The molecular formula is C23H26N2. The van der Waals surface area contributed by atoms with Crippen LogP contribution in [0, 0.1) is 6.92 Å². The molecule has 2 heteroatoms. The Balaban J connectivity index is 1.54. The van der Waals surface area contributed by atoms with Crippen LogP contribution in [0.25, 0.3) is 10.8 Å². The summed E-state index contributed by atoms with van der Waals surface area (Å²) in [7, 11) is 0. The molecule has 2 heterocycles. The van der Waals surface area contributed by atoms with Gasteiger partial charge in [0.05, 0.1) is 0 Å². The highest BCUT2D eigenvalue weighted by atomic mass is 15.1. The van der Waals surface area contributed by atoms with E-state index in [2.05, 4.69) is 66.6 Å². The lowest BCUT2D eigenvalue weighted by molar-refractivity contribution is 0.576. The Hall–Kier alpha value is -2.35. The molecule has 2 aromatic carbocycles. The van der Waals surface area contributed by atoms with Crippen molar-refractivity contribution in [1.29, 1.82) is 0 Å². The van der Waals surface area contributed by atoms with Crippen LogP contribution in [0.1, 0.15) is 36.1 Å². The lowest BCUT2D eigenvalue weighted by Crippen LogP contribution is -2.30. The van der Waals surface area contributed by atoms with Crippen molar-refractivity contribution >= 4 is 16.5 Å². The third-order valence-corrected chi connectivity index (χ3v) is 5.36. The van der Waals surface area contributed by atoms with E-state index in [1.165, 1.54) is 65.6 Å². The molecule has 128 valence electrons. The maximum Gasteiger partial charge on any atom is 0.0429 e. The molecule has 0 amide bonds. The van der Waals surface area contributed by atoms with Crippen LogP contribution in [-0.4, -0.2) is 18.1 Å². The molecule has 4 rings (SSSR count). The van der Waals surface area contributed by atoms with Gasteiger partial charge in [-0.1, -0.05) is 42.5 Å². The average Bonchev–Trinajstić information content (AvgIpc) is 2.68. The first-order valence-corrected chi connectivity index (χ1v) is 9.48. The number of aryl methyl sites for hydroxylation is 3. The fraction of sp³-hybridized carbons (Fsp3) is 0.348. The SMILES string of the molecule is Cc1cnc(CCc2cccc3ccccc23)cc1N1CCCCC1. The van der Waals surface area contributed by atoms with Gasteiger partial charge in [0.2, 0.25) is 0 Å². The van der Waals surface area contributed by atoms with Gasteiger partial charge in [0.1, 0.15) is 0 Å². The molecule has 3 aromatic rings. The van der Waals surface area contributed by atoms with Crippen LogP contribution in [0.3, 0.4) is 0 Å². The molecular weight excluding hydrogens is 304 g/mol. The summed E-state index contributed by atoms with van der Waals surface area (Å²) in [6.45, 7) is 4.56. The number of pyridine rings is 1. The van der Waals surface area contributed by atoms with Gasteiger partial charge >= 0.3 is 0 Å². The van der Waals surface area contributed by atoms with Crippen LogP contribution in [0.15, 0.2) is 54.7 Å². The maximum atomic E-state index is 4.70. The minimum atomic E-state index is 0.995. The smallest absolute Gasteiger partial charge is 0.0429 e. The Bertz CT molecular complexity index is 858. The number of hydrogen-bond acceptors (Lipinski definition) is 2. The zero-order valence-corrected chi connectivity index (χ0v) is 15.0. The van der Waals surface area contributed by atoms with E-state index in [-0.39, 0.29) is 0 Å². The molecule has 0 bridgehead atoms. The molecule has 0 radical (unpaired) electrons. The molecule has 1 fully saturated rings. The zero-order valence-electron chi connectivity index (χ0n) is 15.0. The molecule has 0 aliphatic carbocycles. The van der Waals surface area contributed by atoms with Crippen molar-refractivity contribution in [2.75, 3.05) is 18.0 Å². The molecule has 1 aliphatic heterocycles. The Morgan fingerprint density at radius 3 is 2.60 bits per heavy atom. The third-order valence-electron chi connectivity index (χ3n) is 5.36. The van der Waals surface area contributed by atoms with Gasteiger partial charge in [-0.15, -0.1) is 0 Å². The second-order valence-corrected chi connectivity index (χ2v) is 7.15. The largest absolute Gasteiger partial charge is 0.371 e. The van der Waals surface area contributed by atoms with Crippen LogP contribution in [-0.2, 0) is 12.8 Å². The number of benzene rings is 2. The summed E-state index contributed by atoms with van der Waals surface area (Å²) < 4.78 is 0. The molecule has 1 aliphatic rings. The van der Waals surface area contributed by atoms with Crippen LogP contribution in [0.2, 0.25) is 0 Å². The van der Waals surface area contributed by atoms with Gasteiger partial charge < -0.3 is 4.90 Å². The van der Waals surface area contributed by atoms with Crippen molar-refractivity contribution in [2.24, 2.45) is 0 Å². The first kappa shape index (κ1) is 16.1. The quantitative estimate of drug-likeness (QED) is 0.644. The molecule has 0 atom stereocenters. The number of rotatable bonds is 4. The highest BCUT2D eigenvalue weighted by Crippen LogP contribution is 2.25. The monoisotopic (exact) mass is 330 g/mol. The van der Waals surface area contributed by atoms with Crippen molar-refractivity contribution < 1.29 is 0 Å². The fourth-order valence-electron chi connectivity index (χ4n) is 3.94. The lowest BCUT2D eigenvalue weighted by atomic mass is 9.99. The normalized spacial score (nSPS) is 14.8. The van der Waals surface area contributed by atoms with Gasteiger partial charge in [0.15, 0.2) is 0 Å². The number of aromatic nitrogens is 1. The van der Waals surface area contributed by atoms with E-state index in [0.29, 0.717) is 0 Å². The van der Waals surface area contributed by atoms with E-state index in [1.54, 1.807) is 0 Å². The molecule has 0 spiro atoms. The molecule has 1 saturated heterocycles. The van der Waals surface area contributed by atoms with Gasteiger partial charge in [-0.05, 0) is 67.0 Å². The summed E-state index contributed by atoms with van der Waals surface area (Å²) in [6, 6.07) is 17.6. The second-order valence-electron chi connectivity index (χ2n) is 7.15. The summed E-state index contributed by atoms with van der Waals surface area (Å²) in [5.74, 6) is 0. The third kappa shape index (κ3) is 3.53. The highest BCUT2D eigenvalue weighted by Gasteiger charge is 2.14. The molecule has 2 nitrogen and oxygen atoms in total. The zero-order chi connectivity index (χ0) is 17.1. The van der Waals surface area contributed by atoms with Crippen LogP contribution in [0.4, 0.5) is 5.69 Å². The minimum absolute atomic E-state index is 0.995. The summed E-state index contributed by atoms with van der Waals surface area (Å²) in [5, 5.41) is 2.69. The standard InChI is InChI=1S/C23H26N2/c1-18-17-24-21(16-23(18)25-14-5-2-6-15-25)13-12-20-10-7-9-19-8-3-4-11-22(19)20/h3-4,7-11,16-17H,2,5-6,12-15H2,1H3. The van der Waals surface area contributed by atoms with Crippen molar-refractivity contribution in [3.8, 4) is 0 Å². The van der Waals surface area contributed by atoms with E-state index < -0.39 is 0 Å². The van der Waals surface area contributed by atoms with Crippen molar-refractivity contribution in [2.45, 2.75) is 39.0 Å². The summed E-state index contributed by atoms with van der Waals surface area (Å²) in [5.41, 5.74) is 5.32. The number of anilines is 1. The summed E-state index contributed by atoms with van der Waals surface area (Å²) in [4.78, 5) is 7.25. The lowest BCUT2D eigenvalue weighted by Gasteiger charge is -2.30. The van der Waals surface area contributed by atoms with Crippen molar-refractivity contribution in [3.63, 3.8) is 0 Å². The van der Waals surface area contributed by atoms with E-state index in [1.807, 2.05) is 0 Å². The van der Waals surface area contributed by atoms with Crippen LogP contribution < -0.4 is 4.90 Å². The predicted octanol–water partition coefficient (Wildman–Crippen LogP) is 5.32. The van der Waals surface area contributed by atoms with Gasteiger partial charge in [-0.3, -0.25) is 4.98 Å². The molecule has 0 N–H and O–H groups in total. The first-order valence-electron chi connectivity index (χ1n) is 9.48. The Morgan fingerprint density at radius 1 is 0.920 bits per heavy atom. The van der Waals surface area contributed by atoms with Crippen molar-refractivity contribution in [1.82, 2.24) is 4.98 Å². The average molecular weight is 330 g/mol. The number of hydrogen-bond donors (Lipinski definition) is 0. The van der Waals surface area contributed by atoms with E-state index in [4.69, 9.17) is 4.98 Å². The van der Waals surface area contributed by atoms with Crippen LogP contribution in [0.5, 0.6) is 0 Å². The van der Waals surface area contributed by atoms with Gasteiger partial charge in [0.25, 0.3) is 0 Å². The van der Waals surface area contributed by atoms with E-state index in [0.717, 1.165) is 12.8 Å². The first-order chi connectivity index (χ1) is 12.3. The highest BCUT2D eigenvalue weighted by molar-refractivity contribution is 5.85. The molecule has 1 aromatic heterocycles. The van der Waals surface area contributed by atoms with E-state index in [9.17, 15) is 0 Å². The Labute approximate surface area is 150 Å².